The molecule has 0 saturated carbocycles. The molecule has 0 amide bonds. The topological polar surface area (TPSA) is 90.0 Å². The van der Waals surface area contributed by atoms with E-state index >= 15 is 0 Å². The van der Waals surface area contributed by atoms with Crippen molar-refractivity contribution in [2.45, 2.75) is 25.3 Å². The number of rotatable bonds is 5. The van der Waals surface area contributed by atoms with Crippen LogP contribution in [-0.2, 0) is 16.6 Å². The Hall–Kier alpha value is -1.86. The number of anilines is 1. The summed E-state index contributed by atoms with van der Waals surface area (Å²) >= 11 is 0. The summed E-state index contributed by atoms with van der Waals surface area (Å²) in [7, 11) is -3.61. The predicted molar refractivity (Wildman–Crippen MR) is 77.7 cm³/mol. The number of nitrogens with zero attached hydrogens (tertiary/aromatic N) is 2. The molecule has 3 N–H and O–H groups in total. The van der Waals surface area contributed by atoms with Gasteiger partial charge >= 0.3 is 0 Å². The number of aromatic nitrogens is 2. The second-order valence-electron chi connectivity index (χ2n) is 4.62. The fourth-order valence-electron chi connectivity index (χ4n) is 1.97. The molecule has 0 fully saturated rings. The summed E-state index contributed by atoms with van der Waals surface area (Å²) in [6.07, 6.45) is 5.07. The van der Waals surface area contributed by atoms with Gasteiger partial charge < -0.3 is 10.3 Å². The third-order valence-electron chi connectivity index (χ3n) is 3.20. The van der Waals surface area contributed by atoms with Gasteiger partial charge in [-0.25, -0.2) is 18.1 Å². The third-order valence-corrected chi connectivity index (χ3v) is 4.86. The molecule has 0 saturated heterocycles. The average molecular weight is 294 g/mol. The van der Waals surface area contributed by atoms with Gasteiger partial charge in [0.15, 0.2) is 0 Å². The molecule has 0 radical (unpaired) electrons. The number of aryl methyl sites for hydroxylation is 1. The van der Waals surface area contributed by atoms with Gasteiger partial charge in [-0.05, 0) is 31.0 Å². The Balaban J connectivity index is 2.16. The van der Waals surface area contributed by atoms with Crippen LogP contribution in [0.4, 0.5) is 5.69 Å². The van der Waals surface area contributed by atoms with E-state index in [1.807, 2.05) is 13.0 Å². The first-order chi connectivity index (χ1) is 9.42. The van der Waals surface area contributed by atoms with Crippen molar-refractivity contribution in [3.63, 3.8) is 0 Å². The number of imidazole rings is 1. The first-order valence-electron chi connectivity index (χ1n) is 6.23. The summed E-state index contributed by atoms with van der Waals surface area (Å²) < 4.78 is 29.0. The van der Waals surface area contributed by atoms with Crippen molar-refractivity contribution < 1.29 is 8.42 Å². The Morgan fingerprint density at radius 2 is 2.10 bits per heavy atom. The first kappa shape index (κ1) is 14.5. The number of hydrogen-bond donors (Lipinski definition) is 2. The molecule has 108 valence electrons. The van der Waals surface area contributed by atoms with E-state index in [2.05, 4.69) is 9.71 Å². The number of nitrogens with one attached hydrogen (secondary N) is 1. The van der Waals surface area contributed by atoms with Gasteiger partial charge in [-0.15, -0.1) is 0 Å². The number of nitrogens with two attached hydrogens (primary N) is 1. The van der Waals surface area contributed by atoms with Crippen molar-refractivity contribution in [1.82, 2.24) is 14.3 Å². The lowest BCUT2D eigenvalue weighted by atomic mass is 10.1. The zero-order valence-electron chi connectivity index (χ0n) is 11.5. The Morgan fingerprint density at radius 3 is 2.75 bits per heavy atom. The van der Waals surface area contributed by atoms with Crippen LogP contribution >= 0.6 is 0 Å². The molecule has 0 aliphatic rings. The van der Waals surface area contributed by atoms with Crippen LogP contribution in [0.15, 0.2) is 35.7 Å². The highest BCUT2D eigenvalue weighted by Crippen LogP contribution is 2.24. The number of hydrogen-bond acceptors (Lipinski definition) is 4. The van der Waals surface area contributed by atoms with E-state index in [4.69, 9.17) is 5.73 Å². The standard InChI is InChI=1S/C13H18N4O2S/c1-10-3-4-12(14)13(11(10)2)20(18,19)16-6-8-17-7-5-15-9-17/h3-5,7,9,16H,6,8,14H2,1-2H3. The van der Waals surface area contributed by atoms with E-state index in [1.54, 1.807) is 36.3 Å². The largest absolute Gasteiger partial charge is 0.398 e. The Bertz CT molecular complexity index is 693. The van der Waals surface area contributed by atoms with Crippen molar-refractivity contribution in [2.24, 2.45) is 0 Å². The molecule has 6 nitrogen and oxygen atoms in total. The fourth-order valence-corrected chi connectivity index (χ4v) is 3.41. The van der Waals surface area contributed by atoms with E-state index in [0.29, 0.717) is 12.1 Å². The highest BCUT2D eigenvalue weighted by Gasteiger charge is 2.20. The van der Waals surface area contributed by atoms with Crippen LogP contribution in [0.5, 0.6) is 0 Å². The fraction of sp³-hybridized carbons (Fsp3) is 0.308. The molecule has 0 spiro atoms. The first-order valence-corrected chi connectivity index (χ1v) is 7.71. The van der Waals surface area contributed by atoms with Gasteiger partial charge in [-0.1, -0.05) is 6.07 Å². The zero-order chi connectivity index (χ0) is 14.8. The molecule has 1 aromatic carbocycles. The summed E-state index contributed by atoms with van der Waals surface area (Å²) in [5.41, 5.74) is 7.65. The minimum Gasteiger partial charge on any atom is -0.398 e. The second-order valence-corrected chi connectivity index (χ2v) is 6.33. The number of benzene rings is 1. The quantitative estimate of drug-likeness (QED) is 0.807. The van der Waals surface area contributed by atoms with Crippen LogP contribution < -0.4 is 10.5 Å². The van der Waals surface area contributed by atoms with Gasteiger partial charge in [0.05, 0.1) is 12.0 Å². The molecule has 2 aromatic rings. The molecular weight excluding hydrogens is 276 g/mol. The second kappa shape index (κ2) is 5.64. The lowest BCUT2D eigenvalue weighted by molar-refractivity contribution is 0.572. The monoisotopic (exact) mass is 294 g/mol. The highest BCUT2D eigenvalue weighted by atomic mass is 32.2. The molecule has 0 atom stereocenters. The summed E-state index contributed by atoms with van der Waals surface area (Å²) in [6, 6.07) is 3.43. The molecule has 2 rings (SSSR count). The maximum atomic E-state index is 12.3. The predicted octanol–water partition coefficient (Wildman–Crippen LogP) is 1.06. The minimum absolute atomic E-state index is 0.170. The molecule has 0 unspecified atom stereocenters. The summed E-state index contributed by atoms with van der Waals surface area (Å²) in [5.74, 6) is 0. The Kier molecular flexibility index (Phi) is 4.10. The van der Waals surface area contributed by atoms with E-state index < -0.39 is 10.0 Å². The molecule has 0 aliphatic heterocycles. The van der Waals surface area contributed by atoms with E-state index in [9.17, 15) is 8.42 Å². The van der Waals surface area contributed by atoms with E-state index in [0.717, 1.165) is 5.56 Å². The lowest BCUT2D eigenvalue weighted by Gasteiger charge is -2.13. The van der Waals surface area contributed by atoms with Crippen LogP contribution in [0.2, 0.25) is 0 Å². The van der Waals surface area contributed by atoms with Gasteiger partial charge in [0.2, 0.25) is 10.0 Å². The average Bonchev–Trinajstić information content (AvgIpc) is 2.87. The number of nitrogen functional groups attached to an aromatic ring is 1. The van der Waals surface area contributed by atoms with Crippen molar-refractivity contribution in [3.05, 3.63) is 42.0 Å². The SMILES string of the molecule is Cc1ccc(N)c(S(=O)(=O)NCCn2ccnc2)c1C. The van der Waals surface area contributed by atoms with Gasteiger partial charge in [-0.3, -0.25) is 0 Å². The molecule has 7 heteroatoms. The van der Waals surface area contributed by atoms with E-state index in [1.165, 1.54) is 0 Å². The minimum atomic E-state index is -3.61. The Labute approximate surface area is 118 Å². The zero-order valence-corrected chi connectivity index (χ0v) is 12.3. The molecule has 0 bridgehead atoms. The van der Waals surface area contributed by atoms with Gasteiger partial charge in [0, 0.05) is 25.5 Å². The van der Waals surface area contributed by atoms with Crippen LogP contribution in [0.3, 0.4) is 0 Å². The van der Waals surface area contributed by atoms with Gasteiger partial charge in [-0.2, -0.15) is 0 Å². The summed E-state index contributed by atoms with van der Waals surface area (Å²) in [6.45, 7) is 4.42. The maximum Gasteiger partial charge on any atom is 0.242 e. The molecular formula is C13H18N4O2S. The van der Waals surface area contributed by atoms with Crippen LogP contribution in [0, 0.1) is 13.8 Å². The summed E-state index contributed by atoms with van der Waals surface area (Å²) in [4.78, 5) is 4.07. The van der Waals surface area contributed by atoms with Crippen molar-refractivity contribution in [3.8, 4) is 0 Å². The van der Waals surface area contributed by atoms with Crippen molar-refractivity contribution in [2.75, 3.05) is 12.3 Å². The van der Waals surface area contributed by atoms with Gasteiger partial charge in [0.1, 0.15) is 4.90 Å². The van der Waals surface area contributed by atoms with Gasteiger partial charge in [0.25, 0.3) is 0 Å². The smallest absolute Gasteiger partial charge is 0.242 e. The normalized spacial score (nSPS) is 11.7. The van der Waals surface area contributed by atoms with Crippen LogP contribution in [0.1, 0.15) is 11.1 Å². The number of sulfonamides is 1. The molecule has 20 heavy (non-hydrogen) atoms. The molecule has 0 aliphatic carbocycles. The van der Waals surface area contributed by atoms with Crippen molar-refractivity contribution >= 4 is 15.7 Å². The van der Waals surface area contributed by atoms with Crippen molar-refractivity contribution in [1.29, 1.82) is 0 Å². The lowest BCUT2D eigenvalue weighted by Crippen LogP contribution is -2.28. The van der Waals surface area contributed by atoms with Crippen LogP contribution in [0.25, 0.3) is 0 Å². The Morgan fingerprint density at radius 1 is 1.35 bits per heavy atom. The van der Waals surface area contributed by atoms with E-state index in [-0.39, 0.29) is 17.1 Å². The maximum absolute atomic E-state index is 12.3. The summed E-state index contributed by atoms with van der Waals surface area (Å²) in [5, 5.41) is 0. The molecule has 1 aromatic heterocycles. The third kappa shape index (κ3) is 3.00. The van der Waals surface area contributed by atoms with Crippen LogP contribution in [-0.4, -0.2) is 24.5 Å². The molecule has 1 heterocycles. The highest BCUT2D eigenvalue weighted by molar-refractivity contribution is 7.89.